The first-order chi connectivity index (χ1) is 8.19. The lowest BCUT2D eigenvalue weighted by molar-refractivity contribution is -0.143. The molecular formula is C10H15N5O2. The van der Waals surface area contributed by atoms with E-state index >= 15 is 0 Å². The molecule has 17 heavy (non-hydrogen) atoms. The van der Waals surface area contributed by atoms with Crippen molar-refractivity contribution in [3.63, 3.8) is 0 Å². The van der Waals surface area contributed by atoms with Gasteiger partial charge in [0, 0.05) is 18.3 Å². The number of aromatic nitrogens is 2. The van der Waals surface area contributed by atoms with Crippen LogP contribution in [0.3, 0.4) is 0 Å². The molecule has 0 saturated carbocycles. The van der Waals surface area contributed by atoms with Gasteiger partial charge < -0.3 is 15.1 Å². The minimum atomic E-state index is -0.0383. The molecule has 1 aliphatic rings. The standard InChI is InChI=1S/C10H15N5O2/c1-7-4-8(14-11)13-9(12-7)5-15-2-3-17-6-10(15)16/h4H,2-3,5-6,11H2,1H3,(H,12,13,14). The SMILES string of the molecule is Cc1cc(NN)nc(CN2CCOCC2=O)n1. The molecule has 7 heteroatoms. The summed E-state index contributed by atoms with van der Waals surface area (Å²) in [5.41, 5.74) is 3.29. The van der Waals surface area contributed by atoms with Crippen LogP contribution in [0.1, 0.15) is 11.5 Å². The Kier molecular flexibility index (Phi) is 3.50. The van der Waals surface area contributed by atoms with Crippen LogP contribution in [0.2, 0.25) is 0 Å². The quantitative estimate of drug-likeness (QED) is 0.540. The van der Waals surface area contributed by atoms with E-state index in [2.05, 4.69) is 15.4 Å². The second-order valence-corrected chi connectivity index (χ2v) is 3.82. The van der Waals surface area contributed by atoms with E-state index in [-0.39, 0.29) is 12.5 Å². The Bertz CT molecular complexity index is 423. The molecule has 2 rings (SSSR count). The molecule has 1 aromatic heterocycles. The van der Waals surface area contributed by atoms with Crippen molar-refractivity contribution >= 4 is 11.7 Å². The van der Waals surface area contributed by atoms with E-state index in [9.17, 15) is 4.79 Å². The Morgan fingerprint density at radius 1 is 1.59 bits per heavy atom. The summed E-state index contributed by atoms with van der Waals surface area (Å²) >= 11 is 0. The number of hydrazine groups is 1. The summed E-state index contributed by atoms with van der Waals surface area (Å²) in [4.78, 5) is 21.7. The van der Waals surface area contributed by atoms with E-state index in [1.165, 1.54) is 0 Å². The first-order valence-electron chi connectivity index (χ1n) is 5.36. The average molecular weight is 237 g/mol. The smallest absolute Gasteiger partial charge is 0.249 e. The number of hydrogen-bond donors (Lipinski definition) is 2. The number of aryl methyl sites for hydroxylation is 1. The maximum Gasteiger partial charge on any atom is 0.249 e. The van der Waals surface area contributed by atoms with Gasteiger partial charge in [0.15, 0.2) is 0 Å². The summed E-state index contributed by atoms with van der Waals surface area (Å²) < 4.78 is 5.05. The summed E-state index contributed by atoms with van der Waals surface area (Å²) in [7, 11) is 0. The summed E-state index contributed by atoms with van der Waals surface area (Å²) in [6.45, 7) is 3.50. The third-order valence-corrected chi connectivity index (χ3v) is 2.46. The Morgan fingerprint density at radius 3 is 3.12 bits per heavy atom. The normalized spacial score (nSPS) is 16.1. The lowest BCUT2D eigenvalue weighted by atomic mass is 10.3. The van der Waals surface area contributed by atoms with Crippen molar-refractivity contribution < 1.29 is 9.53 Å². The summed E-state index contributed by atoms with van der Waals surface area (Å²) in [5, 5.41) is 0. The summed E-state index contributed by atoms with van der Waals surface area (Å²) in [6.07, 6.45) is 0. The number of ether oxygens (including phenoxy) is 1. The number of hydrogen-bond acceptors (Lipinski definition) is 6. The van der Waals surface area contributed by atoms with E-state index in [0.29, 0.717) is 31.3 Å². The molecule has 0 spiro atoms. The molecule has 0 unspecified atom stereocenters. The third kappa shape index (κ3) is 2.89. The predicted octanol–water partition coefficient (Wildman–Crippen LogP) is -0.571. The molecule has 1 saturated heterocycles. The van der Waals surface area contributed by atoms with Crippen LogP contribution in [0.15, 0.2) is 6.07 Å². The third-order valence-electron chi connectivity index (χ3n) is 2.46. The number of nitrogens with one attached hydrogen (secondary N) is 1. The largest absolute Gasteiger partial charge is 0.370 e. The molecule has 1 aliphatic heterocycles. The molecule has 1 aromatic rings. The number of carbonyl (C=O) groups is 1. The highest BCUT2D eigenvalue weighted by atomic mass is 16.5. The zero-order valence-corrected chi connectivity index (χ0v) is 9.64. The Balaban J connectivity index is 2.11. The van der Waals surface area contributed by atoms with Crippen molar-refractivity contribution in [2.24, 2.45) is 5.84 Å². The van der Waals surface area contributed by atoms with Crippen molar-refractivity contribution in [3.05, 3.63) is 17.6 Å². The lowest BCUT2D eigenvalue weighted by Crippen LogP contribution is -2.41. The van der Waals surface area contributed by atoms with E-state index in [1.807, 2.05) is 6.92 Å². The second kappa shape index (κ2) is 5.07. The molecule has 1 fully saturated rings. The molecule has 0 aliphatic carbocycles. The van der Waals surface area contributed by atoms with E-state index < -0.39 is 0 Å². The number of carbonyl (C=O) groups excluding carboxylic acids is 1. The van der Waals surface area contributed by atoms with Crippen LogP contribution in [0.5, 0.6) is 0 Å². The second-order valence-electron chi connectivity index (χ2n) is 3.82. The van der Waals surface area contributed by atoms with Gasteiger partial charge in [0.2, 0.25) is 5.91 Å². The Labute approximate surface area is 98.9 Å². The van der Waals surface area contributed by atoms with Gasteiger partial charge in [-0.2, -0.15) is 0 Å². The van der Waals surface area contributed by atoms with Gasteiger partial charge in [0.1, 0.15) is 18.2 Å². The number of morpholine rings is 1. The molecule has 1 amide bonds. The zero-order valence-electron chi connectivity index (χ0n) is 9.64. The number of rotatable bonds is 3. The molecular weight excluding hydrogens is 222 g/mol. The average Bonchev–Trinajstić information content (AvgIpc) is 2.31. The van der Waals surface area contributed by atoms with E-state index in [0.717, 1.165) is 5.69 Å². The van der Waals surface area contributed by atoms with Gasteiger partial charge in [0.05, 0.1) is 13.2 Å². The minimum Gasteiger partial charge on any atom is -0.370 e. The Hall–Kier alpha value is -1.73. The van der Waals surface area contributed by atoms with Crippen LogP contribution in [0, 0.1) is 6.92 Å². The van der Waals surface area contributed by atoms with Gasteiger partial charge in [-0.1, -0.05) is 0 Å². The number of nitrogen functional groups attached to an aromatic ring is 1. The molecule has 0 bridgehead atoms. The van der Waals surface area contributed by atoms with Gasteiger partial charge in [-0.15, -0.1) is 0 Å². The van der Waals surface area contributed by atoms with Gasteiger partial charge >= 0.3 is 0 Å². The molecule has 2 heterocycles. The van der Waals surface area contributed by atoms with Crippen molar-refractivity contribution in [1.82, 2.24) is 14.9 Å². The topological polar surface area (TPSA) is 93.4 Å². The minimum absolute atomic E-state index is 0.0383. The van der Waals surface area contributed by atoms with Crippen LogP contribution in [-0.2, 0) is 16.1 Å². The molecule has 3 N–H and O–H groups in total. The van der Waals surface area contributed by atoms with Crippen LogP contribution in [0.25, 0.3) is 0 Å². The van der Waals surface area contributed by atoms with Crippen LogP contribution in [0.4, 0.5) is 5.82 Å². The maximum absolute atomic E-state index is 11.5. The van der Waals surface area contributed by atoms with Gasteiger partial charge in [-0.25, -0.2) is 15.8 Å². The highest BCUT2D eigenvalue weighted by molar-refractivity contribution is 5.77. The van der Waals surface area contributed by atoms with E-state index in [1.54, 1.807) is 11.0 Å². The number of nitrogens with two attached hydrogens (primary N) is 1. The molecule has 0 atom stereocenters. The highest BCUT2D eigenvalue weighted by Gasteiger charge is 2.19. The van der Waals surface area contributed by atoms with Crippen molar-refractivity contribution in [3.8, 4) is 0 Å². The van der Waals surface area contributed by atoms with Crippen molar-refractivity contribution in [2.75, 3.05) is 25.2 Å². The van der Waals surface area contributed by atoms with E-state index in [4.69, 9.17) is 10.6 Å². The Morgan fingerprint density at radius 2 is 2.41 bits per heavy atom. The molecule has 92 valence electrons. The monoisotopic (exact) mass is 237 g/mol. The van der Waals surface area contributed by atoms with Crippen molar-refractivity contribution in [2.45, 2.75) is 13.5 Å². The van der Waals surface area contributed by atoms with Crippen molar-refractivity contribution in [1.29, 1.82) is 0 Å². The summed E-state index contributed by atoms with van der Waals surface area (Å²) in [5.74, 6) is 6.40. The predicted molar refractivity (Wildman–Crippen MR) is 60.8 cm³/mol. The number of nitrogens with zero attached hydrogens (tertiary/aromatic N) is 3. The van der Waals surface area contributed by atoms with Crippen LogP contribution < -0.4 is 11.3 Å². The number of amides is 1. The fourth-order valence-corrected chi connectivity index (χ4v) is 1.66. The lowest BCUT2D eigenvalue weighted by Gasteiger charge is -2.26. The zero-order chi connectivity index (χ0) is 12.3. The molecule has 7 nitrogen and oxygen atoms in total. The molecule has 0 radical (unpaired) electrons. The van der Waals surface area contributed by atoms with Crippen LogP contribution in [-0.4, -0.2) is 40.5 Å². The van der Waals surface area contributed by atoms with Gasteiger partial charge in [-0.3, -0.25) is 4.79 Å². The van der Waals surface area contributed by atoms with Gasteiger partial charge in [0.25, 0.3) is 0 Å². The first kappa shape index (κ1) is 11.7. The fourth-order valence-electron chi connectivity index (χ4n) is 1.66. The fraction of sp³-hybridized carbons (Fsp3) is 0.500. The first-order valence-corrected chi connectivity index (χ1v) is 5.36. The van der Waals surface area contributed by atoms with Gasteiger partial charge in [-0.05, 0) is 6.92 Å². The van der Waals surface area contributed by atoms with Crippen LogP contribution >= 0.6 is 0 Å². The molecule has 0 aromatic carbocycles. The highest BCUT2D eigenvalue weighted by Crippen LogP contribution is 2.08. The summed E-state index contributed by atoms with van der Waals surface area (Å²) in [6, 6.07) is 1.74. The maximum atomic E-state index is 11.5. The number of anilines is 1.